The van der Waals surface area contributed by atoms with E-state index in [1.165, 1.54) is 33.1 Å². The molecule has 1 aliphatic heterocycles. The third-order valence-corrected chi connectivity index (χ3v) is 7.24. The maximum Gasteiger partial charge on any atom is 0.416 e. The van der Waals surface area contributed by atoms with Crippen molar-refractivity contribution in [3.8, 4) is 0 Å². The molecule has 2 aromatic carbocycles. The van der Waals surface area contributed by atoms with Crippen molar-refractivity contribution in [1.29, 1.82) is 0 Å². The Hall–Kier alpha value is -3.15. The first kappa shape index (κ1) is 23.6. The highest BCUT2D eigenvalue weighted by molar-refractivity contribution is 8.18. The predicted molar refractivity (Wildman–Crippen MR) is 129 cm³/mol. The molecular formula is C23H14ClF3N4O2S2. The van der Waals surface area contributed by atoms with Gasteiger partial charge in [0.15, 0.2) is 0 Å². The molecule has 0 bridgehead atoms. The van der Waals surface area contributed by atoms with Crippen LogP contribution >= 0.6 is 34.7 Å². The summed E-state index contributed by atoms with van der Waals surface area (Å²) >= 11 is 7.99. The normalized spacial score (nSPS) is 15.7. The van der Waals surface area contributed by atoms with Gasteiger partial charge in [0.05, 0.1) is 40.8 Å². The van der Waals surface area contributed by atoms with Gasteiger partial charge in [-0.15, -0.1) is 11.3 Å². The highest BCUT2D eigenvalue weighted by Crippen LogP contribution is 2.36. The van der Waals surface area contributed by atoms with Crippen LogP contribution in [0.25, 0.3) is 17.0 Å². The topological polar surface area (TPSA) is 68.1 Å². The lowest BCUT2D eigenvalue weighted by atomic mass is 10.1. The molecule has 2 amide bonds. The molecule has 0 N–H and O–H groups in total. The highest BCUT2D eigenvalue weighted by Gasteiger charge is 2.35. The zero-order chi connectivity index (χ0) is 24.7. The van der Waals surface area contributed by atoms with Gasteiger partial charge in [-0.2, -0.15) is 18.3 Å². The monoisotopic (exact) mass is 534 g/mol. The second-order valence-corrected chi connectivity index (χ2v) is 10.1. The van der Waals surface area contributed by atoms with Crippen LogP contribution in [0.1, 0.15) is 21.6 Å². The summed E-state index contributed by atoms with van der Waals surface area (Å²) < 4.78 is 41.8. The molecule has 3 heterocycles. The number of alkyl halides is 3. The lowest BCUT2D eigenvalue weighted by molar-refractivity contribution is -0.138. The van der Waals surface area contributed by atoms with Gasteiger partial charge in [0.25, 0.3) is 11.1 Å². The minimum atomic E-state index is -4.54. The summed E-state index contributed by atoms with van der Waals surface area (Å²) in [6, 6.07) is 8.88. The molecule has 4 aromatic rings. The molecule has 1 aliphatic rings. The number of aromatic nitrogens is 3. The van der Waals surface area contributed by atoms with E-state index in [0.29, 0.717) is 21.4 Å². The van der Waals surface area contributed by atoms with Crippen LogP contribution in [-0.4, -0.2) is 30.8 Å². The summed E-state index contributed by atoms with van der Waals surface area (Å²) in [5.41, 5.74) is 2.17. The van der Waals surface area contributed by atoms with E-state index in [1.54, 1.807) is 42.2 Å². The van der Waals surface area contributed by atoms with Gasteiger partial charge in [-0.05, 0) is 53.2 Å². The zero-order valence-corrected chi connectivity index (χ0v) is 20.0. The number of thioether (sulfide) groups is 1. The maximum absolute atomic E-state index is 13.5. The number of hydrogen-bond donors (Lipinski definition) is 0. The van der Waals surface area contributed by atoms with E-state index in [0.717, 1.165) is 22.7 Å². The highest BCUT2D eigenvalue weighted by atomic mass is 35.5. The quantitative estimate of drug-likeness (QED) is 0.275. The number of hydrogen-bond acceptors (Lipinski definition) is 6. The average molecular weight is 535 g/mol. The van der Waals surface area contributed by atoms with E-state index in [-0.39, 0.29) is 34.8 Å². The molecular weight excluding hydrogens is 521 g/mol. The van der Waals surface area contributed by atoms with Crippen LogP contribution in [0.3, 0.4) is 0 Å². The molecule has 6 nitrogen and oxygen atoms in total. The van der Waals surface area contributed by atoms with Crippen LogP contribution < -0.4 is 0 Å². The van der Waals surface area contributed by atoms with Gasteiger partial charge in [0.2, 0.25) is 0 Å². The van der Waals surface area contributed by atoms with Gasteiger partial charge in [-0.1, -0.05) is 23.7 Å². The van der Waals surface area contributed by atoms with E-state index >= 15 is 0 Å². The maximum atomic E-state index is 13.5. The molecule has 0 aliphatic carbocycles. The first-order chi connectivity index (χ1) is 16.7. The summed E-state index contributed by atoms with van der Waals surface area (Å²) in [7, 11) is 0. The number of rotatable bonds is 5. The Labute approximate surface area is 210 Å². The first-order valence-electron chi connectivity index (χ1n) is 10.1. The Morgan fingerprint density at radius 3 is 2.63 bits per heavy atom. The zero-order valence-electron chi connectivity index (χ0n) is 17.6. The van der Waals surface area contributed by atoms with Gasteiger partial charge in [-0.3, -0.25) is 24.2 Å². The molecule has 0 spiro atoms. The Morgan fingerprint density at radius 2 is 1.89 bits per heavy atom. The van der Waals surface area contributed by atoms with E-state index in [4.69, 9.17) is 11.6 Å². The van der Waals surface area contributed by atoms with Gasteiger partial charge in [-0.25, -0.2) is 0 Å². The van der Waals surface area contributed by atoms with Crippen LogP contribution in [-0.2, 0) is 24.1 Å². The largest absolute Gasteiger partial charge is 0.416 e. The lowest BCUT2D eigenvalue weighted by Crippen LogP contribution is -2.27. The average Bonchev–Trinajstić information content (AvgIpc) is 3.52. The van der Waals surface area contributed by atoms with Gasteiger partial charge in [0.1, 0.15) is 0 Å². The first-order valence-corrected chi connectivity index (χ1v) is 12.2. The van der Waals surface area contributed by atoms with Crippen LogP contribution in [0, 0.1) is 0 Å². The van der Waals surface area contributed by atoms with Crippen molar-refractivity contribution < 1.29 is 22.8 Å². The molecule has 35 heavy (non-hydrogen) atoms. The summed E-state index contributed by atoms with van der Waals surface area (Å²) in [6.07, 6.45) is 0.241. The van der Waals surface area contributed by atoms with E-state index in [2.05, 4.69) is 10.1 Å². The van der Waals surface area contributed by atoms with Crippen molar-refractivity contribution in [2.24, 2.45) is 0 Å². The number of benzene rings is 2. The summed E-state index contributed by atoms with van der Waals surface area (Å²) in [6.45, 7) is 0.0778. The molecule has 0 saturated carbocycles. The number of halogens is 4. The minimum absolute atomic E-state index is 0.00695. The number of fused-ring (bicyclic) bond motifs is 1. The van der Waals surface area contributed by atoms with Crippen molar-refractivity contribution in [1.82, 2.24) is 19.7 Å². The van der Waals surface area contributed by atoms with E-state index in [9.17, 15) is 22.8 Å². The number of nitrogens with zero attached hydrogens (tertiary/aromatic N) is 4. The molecule has 12 heteroatoms. The molecule has 0 unspecified atom stereocenters. The van der Waals surface area contributed by atoms with Gasteiger partial charge < -0.3 is 0 Å². The fourth-order valence-electron chi connectivity index (χ4n) is 3.70. The van der Waals surface area contributed by atoms with Crippen LogP contribution in [0.2, 0.25) is 5.02 Å². The molecule has 0 radical (unpaired) electrons. The molecule has 5 rings (SSSR count). The Kier molecular flexibility index (Phi) is 6.16. The SMILES string of the molecule is O=C1SC(=Cc2ccc3c(cnn3Cc3ccc(Cl)cc3C(F)(F)F)c2)C(=O)N1Cc1cncs1. The van der Waals surface area contributed by atoms with E-state index < -0.39 is 11.7 Å². The fraction of sp³-hybridized carbons (Fsp3) is 0.130. The standard InChI is InChI=1S/C23H14ClF3N4O2S2/c24-16-3-2-14(18(7-16)23(25,26)27)10-31-19-4-1-13(5-15(19)8-29-31)6-20-21(32)30(22(33)35-20)11-17-9-28-12-34-17/h1-9,12H,10-11H2. The van der Waals surface area contributed by atoms with Crippen molar-refractivity contribution in [2.45, 2.75) is 19.3 Å². The smallest absolute Gasteiger partial charge is 0.268 e. The minimum Gasteiger partial charge on any atom is -0.268 e. The number of thiazole rings is 1. The van der Waals surface area contributed by atoms with Crippen molar-refractivity contribution >= 4 is 62.8 Å². The summed E-state index contributed by atoms with van der Waals surface area (Å²) in [5, 5.41) is 4.58. The Morgan fingerprint density at radius 1 is 1.06 bits per heavy atom. The predicted octanol–water partition coefficient (Wildman–Crippen LogP) is 6.45. The summed E-state index contributed by atoms with van der Waals surface area (Å²) in [5.74, 6) is -0.383. The number of imide groups is 1. The fourth-order valence-corrected chi connectivity index (χ4v) is 5.29. The molecule has 2 aromatic heterocycles. The van der Waals surface area contributed by atoms with Gasteiger partial charge >= 0.3 is 6.18 Å². The Bertz CT molecular complexity index is 1480. The van der Waals surface area contributed by atoms with Crippen LogP contribution in [0.5, 0.6) is 0 Å². The number of amides is 2. The third-order valence-electron chi connectivity index (χ3n) is 5.33. The number of carbonyl (C=O) groups excluding carboxylic acids is 2. The lowest BCUT2D eigenvalue weighted by Gasteiger charge is -2.14. The molecule has 178 valence electrons. The molecule has 0 atom stereocenters. The second-order valence-electron chi connectivity index (χ2n) is 7.66. The van der Waals surface area contributed by atoms with Crippen LogP contribution in [0.4, 0.5) is 18.0 Å². The molecule has 1 saturated heterocycles. The van der Waals surface area contributed by atoms with E-state index in [1.807, 2.05) is 0 Å². The Balaban J connectivity index is 1.40. The van der Waals surface area contributed by atoms with Crippen LogP contribution in [0.15, 0.2) is 59.2 Å². The third kappa shape index (κ3) is 4.84. The van der Waals surface area contributed by atoms with Crippen molar-refractivity contribution in [3.63, 3.8) is 0 Å². The second kappa shape index (κ2) is 9.14. The van der Waals surface area contributed by atoms with Crippen molar-refractivity contribution in [2.75, 3.05) is 0 Å². The number of carbonyl (C=O) groups is 2. The van der Waals surface area contributed by atoms with Gasteiger partial charge in [0, 0.05) is 21.5 Å². The molecule has 1 fully saturated rings. The summed E-state index contributed by atoms with van der Waals surface area (Å²) in [4.78, 5) is 31.3. The van der Waals surface area contributed by atoms with Crippen molar-refractivity contribution in [3.05, 3.63) is 85.8 Å².